The third-order valence-corrected chi connectivity index (χ3v) is 7.64. The van der Waals surface area contributed by atoms with Crippen LogP contribution in [0.4, 0.5) is 0 Å². The Bertz CT molecular complexity index is 1320. The summed E-state index contributed by atoms with van der Waals surface area (Å²) in [6, 6.07) is 10.7. The first kappa shape index (κ1) is 29.5. The van der Waals surface area contributed by atoms with E-state index in [1.807, 2.05) is 29.3 Å². The minimum atomic E-state index is -0.969. The molecule has 0 bridgehead atoms. The molecule has 1 aromatic carbocycles. The van der Waals surface area contributed by atoms with Crippen molar-refractivity contribution < 1.29 is 14.7 Å². The van der Waals surface area contributed by atoms with Crippen LogP contribution in [0.15, 0.2) is 48.7 Å². The Hall–Kier alpha value is -3.45. The van der Waals surface area contributed by atoms with Crippen LogP contribution in [0.3, 0.4) is 0 Å². The van der Waals surface area contributed by atoms with E-state index in [-0.39, 0.29) is 11.5 Å². The molecule has 1 amide bonds. The molecule has 3 heterocycles. The number of amides is 1. The first-order chi connectivity index (χ1) is 19.2. The molecule has 40 heavy (non-hydrogen) atoms. The van der Waals surface area contributed by atoms with Crippen molar-refractivity contribution in [1.29, 1.82) is 0 Å². The number of hydrogen-bond donors (Lipinski definition) is 1. The van der Waals surface area contributed by atoms with Crippen LogP contribution in [-0.2, 0) is 0 Å². The number of aromatic nitrogens is 2. The number of piperidine rings is 1. The highest BCUT2D eigenvalue weighted by Gasteiger charge is 2.20. The van der Waals surface area contributed by atoms with E-state index in [1.54, 1.807) is 22.7 Å². The molecular weight excluding hydrogens is 500 g/mol. The Morgan fingerprint density at radius 1 is 0.975 bits per heavy atom. The molecule has 1 N–H and O–H groups in total. The minimum absolute atomic E-state index is 0.0441. The molecule has 214 valence electrons. The van der Waals surface area contributed by atoms with Crippen molar-refractivity contribution in [2.75, 3.05) is 32.7 Å². The van der Waals surface area contributed by atoms with E-state index in [1.165, 1.54) is 19.3 Å². The number of pyridine rings is 1. The van der Waals surface area contributed by atoms with Crippen molar-refractivity contribution in [3.63, 3.8) is 0 Å². The van der Waals surface area contributed by atoms with E-state index in [0.29, 0.717) is 23.1 Å². The third kappa shape index (κ3) is 7.60. The Balaban J connectivity index is 1.72. The maximum atomic E-state index is 13.7. The van der Waals surface area contributed by atoms with Crippen molar-refractivity contribution in [3.8, 4) is 11.3 Å². The lowest BCUT2D eigenvalue weighted by molar-refractivity contribution is 0.0695. The molecule has 4 rings (SSSR count). The highest BCUT2D eigenvalue weighted by Crippen LogP contribution is 2.29. The van der Waals surface area contributed by atoms with Gasteiger partial charge in [0.15, 0.2) is 0 Å². The zero-order valence-electron chi connectivity index (χ0n) is 24.5. The van der Waals surface area contributed by atoms with Gasteiger partial charge in [0, 0.05) is 42.5 Å². The molecule has 7 nitrogen and oxygen atoms in total. The summed E-state index contributed by atoms with van der Waals surface area (Å²) in [5, 5.41) is 14.4. The van der Waals surface area contributed by atoms with Gasteiger partial charge in [0.1, 0.15) is 5.69 Å². The molecule has 0 spiro atoms. The highest BCUT2D eigenvalue weighted by molar-refractivity contribution is 5.97. The zero-order valence-corrected chi connectivity index (χ0v) is 24.5. The fourth-order valence-corrected chi connectivity index (χ4v) is 5.16. The topological polar surface area (TPSA) is 78.1 Å². The fraction of sp³-hybridized carbons (Fsp3) is 0.485. The van der Waals surface area contributed by atoms with Crippen molar-refractivity contribution in [2.24, 2.45) is 11.8 Å². The van der Waals surface area contributed by atoms with Crippen molar-refractivity contribution in [3.05, 3.63) is 65.4 Å². The number of aromatic carboxylic acids is 1. The van der Waals surface area contributed by atoms with Crippen molar-refractivity contribution >= 4 is 23.5 Å². The number of carboxylic acid groups (broad SMARTS) is 1. The van der Waals surface area contributed by atoms with Crippen molar-refractivity contribution in [2.45, 2.75) is 59.8 Å². The molecule has 7 heteroatoms. The number of carbonyl (C=O) groups is 2. The average Bonchev–Trinajstić information content (AvgIpc) is 3.31. The number of hydrogen-bond acceptors (Lipinski definition) is 4. The molecule has 0 radical (unpaired) electrons. The van der Waals surface area contributed by atoms with Gasteiger partial charge in [-0.05, 0) is 74.9 Å². The van der Waals surface area contributed by atoms with Gasteiger partial charge in [-0.1, -0.05) is 58.4 Å². The van der Waals surface area contributed by atoms with Gasteiger partial charge >= 0.3 is 5.97 Å². The standard InChI is InChI=1S/C33H44N4O3/c1-24(2)13-19-36(20-14-25(3)4)32(38)27-15-21-37-30(23-27)29(12-9-18-35-16-6-5-7-17-35)31(34-37)26-10-8-11-28(22-26)33(39)40/h8-12,15,21-25H,5-7,13-14,16-20H2,1-4H3,(H,39,40). The number of rotatable bonds is 12. The number of carbonyl (C=O) groups excluding carboxylic acids is 1. The van der Waals surface area contributed by atoms with Crippen LogP contribution in [0, 0.1) is 11.8 Å². The van der Waals surface area contributed by atoms with Crippen LogP contribution in [-0.4, -0.2) is 69.1 Å². The van der Waals surface area contributed by atoms with Crippen LogP contribution in [0.2, 0.25) is 0 Å². The van der Waals surface area contributed by atoms with Gasteiger partial charge in [0.25, 0.3) is 5.91 Å². The number of carboxylic acids is 1. The minimum Gasteiger partial charge on any atom is -0.478 e. The first-order valence-electron chi connectivity index (χ1n) is 14.8. The summed E-state index contributed by atoms with van der Waals surface area (Å²) in [6.45, 7) is 13.3. The van der Waals surface area contributed by atoms with Gasteiger partial charge in [0.05, 0.1) is 11.1 Å². The van der Waals surface area contributed by atoms with Crippen molar-refractivity contribution in [1.82, 2.24) is 19.4 Å². The summed E-state index contributed by atoms with van der Waals surface area (Å²) in [6.07, 6.45) is 11.8. The normalized spacial score (nSPS) is 14.6. The summed E-state index contributed by atoms with van der Waals surface area (Å²) in [5.74, 6) is 0.117. The Kier molecular flexibility index (Phi) is 10.2. The average molecular weight is 545 g/mol. The zero-order chi connectivity index (χ0) is 28.6. The predicted octanol–water partition coefficient (Wildman–Crippen LogP) is 6.73. The highest BCUT2D eigenvalue weighted by atomic mass is 16.4. The van der Waals surface area contributed by atoms with Gasteiger partial charge in [-0.25, -0.2) is 9.31 Å². The van der Waals surface area contributed by atoms with E-state index in [4.69, 9.17) is 5.10 Å². The molecular formula is C33H44N4O3. The van der Waals surface area contributed by atoms with E-state index in [0.717, 1.165) is 62.2 Å². The lowest BCUT2D eigenvalue weighted by Gasteiger charge is -2.25. The number of likely N-dealkylation sites (tertiary alicyclic amines) is 1. The molecule has 1 aliphatic heterocycles. The number of nitrogens with zero attached hydrogens (tertiary/aromatic N) is 4. The lowest BCUT2D eigenvalue weighted by atomic mass is 10.0. The van der Waals surface area contributed by atoms with E-state index < -0.39 is 5.97 Å². The molecule has 0 aliphatic carbocycles. The quantitative estimate of drug-likeness (QED) is 0.273. The van der Waals surface area contributed by atoms with E-state index in [9.17, 15) is 14.7 Å². The maximum Gasteiger partial charge on any atom is 0.335 e. The first-order valence-corrected chi connectivity index (χ1v) is 14.8. The number of fused-ring (bicyclic) bond motifs is 1. The second-order valence-corrected chi connectivity index (χ2v) is 11.8. The van der Waals surface area contributed by atoms with E-state index in [2.05, 4.69) is 44.7 Å². The van der Waals surface area contributed by atoms with Crippen LogP contribution in [0.5, 0.6) is 0 Å². The second kappa shape index (κ2) is 13.8. The van der Waals surface area contributed by atoms with Crippen LogP contribution >= 0.6 is 0 Å². The summed E-state index contributed by atoms with van der Waals surface area (Å²) in [5.41, 5.74) is 4.05. The molecule has 0 unspecified atom stereocenters. The third-order valence-electron chi connectivity index (χ3n) is 7.64. The Morgan fingerprint density at radius 2 is 1.68 bits per heavy atom. The van der Waals surface area contributed by atoms with Gasteiger partial charge in [0.2, 0.25) is 0 Å². The monoisotopic (exact) mass is 544 g/mol. The van der Waals surface area contributed by atoms with Gasteiger partial charge < -0.3 is 10.0 Å². The number of benzene rings is 1. The summed E-state index contributed by atoms with van der Waals surface area (Å²) < 4.78 is 1.80. The van der Waals surface area contributed by atoms with Crippen LogP contribution in [0.1, 0.15) is 86.1 Å². The summed E-state index contributed by atoms with van der Waals surface area (Å²) in [7, 11) is 0. The fourth-order valence-electron chi connectivity index (χ4n) is 5.16. The second-order valence-electron chi connectivity index (χ2n) is 11.8. The molecule has 2 aromatic heterocycles. The maximum absolute atomic E-state index is 13.7. The Labute approximate surface area is 238 Å². The van der Waals surface area contributed by atoms with Gasteiger partial charge in [-0.3, -0.25) is 9.69 Å². The molecule has 1 saturated heterocycles. The smallest absolute Gasteiger partial charge is 0.335 e. The summed E-state index contributed by atoms with van der Waals surface area (Å²) in [4.78, 5) is 29.9. The summed E-state index contributed by atoms with van der Waals surface area (Å²) >= 11 is 0. The Morgan fingerprint density at radius 3 is 2.33 bits per heavy atom. The molecule has 0 atom stereocenters. The molecule has 1 aliphatic rings. The van der Waals surface area contributed by atoms with Crippen LogP contribution < -0.4 is 0 Å². The molecule has 0 saturated carbocycles. The van der Waals surface area contributed by atoms with E-state index >= 15 is 0 Å². The largest absolute Gasteiger partial charge is 0.478 e. The van der Waals surface area contributed by atoms with Crippen LogP contribution in [0.25, 0.3) is 22.9 Å². The SMILES string of the molecule is CC(C)CCN(CCC(C)C)C(=O)c1ccn2nc(-c3cccc(C(=O)O)c3)c(C=CCN3CCCCC3)c2c1. The van der Waals surface area contributed by atoms with Gasteiger partial charge in [-0.2, -0.15) is 5.10 Å². The molecule has 3 aromatic rings. The molecule has 1 fully saturated rings. The lowest BCUT2D eigenvalue weighted by Crippen LogP contribution is -2.34. The van der Waals surface area contributed by atoms with Gasteiger partial charge in [-0.15, -0.1) is 0 Å². The predicted molar refractivity (Wildman–Crippen MR) is 162 cm³/mol.